The number of hydrogen-bond acceptors (Lipinski definition) is 5. The van der Waals surface area contributed by atoms with Crippen LogP contribution in [0.3, 0.4) is 0 Å². The molecule has 1 aliphatic rings. The van der Waals surface area contributed by atoms with Crippen LogP contribution in [0.15, 0.2) is 53.4 Å². The molecule has 2 N–H and O–H groups in total. The van der Waals surface area contributed by atoms with Gasteiger partial charge in [0.1, 0.15) is 6.10 Å². The summed E-state index contributed by atoms with van der Waals surface area (Å²) in [4.78, 5) is 1.78. The third-order valence-electron chi connectivity index (χ3n) is 6.29. The second-order valence-corrected chi connectivity index (χ2v) is 10.9. The Bertz CT molecular complexity index is 1240. The lowest BCUT2D eigenvalue weighted by molar-refractivity contribution is -0.376. The maximum absolute atomic E-state index is 13.4. The molecule has 0 aliphatic carbocycles. The van der Waals surface area contributed by atoms with Crippen molar-refractivity contribution in [2.45, 2.75) is 60.4 Å². The third-order valence-corrected chi connectivity index (χ3v) is 8.57. The van der Waals surface area contributed by atoms with E-state index >= 15 is 0 Å². The van der Waals surface area contributed by atoms with Gasteiger partial charge in [0, 0.05) is 24.2 Å². The first kappa shape index (κ1) is 28.8. The minimum absolute atomic E-state index is 0.143. The molecule has 0 amide bonds. The molecule has 0 spiro atoms. The van der Waals surface area contributed by atoms with Crippen LogP contribution in [0.5, 0.6) is 0 Å². The van der Waals surface area contributed by atoms with Gasteiger partial charge >= 0.3 is 12.4 Å². The van der Waals surface area contributed by atoms with Crippen LogP contribution in [0.25, 0.3) is 0 Å². The van der Waals surface area contributed by atoms with Crippen LogP contribution in [0.4, 0.5) is 32.0 Å². The van der Waals surface area contributed by atoms with Crippen molar-refractivity contribution in [2.75, 3.05) is 18.0 Å². The van der Waals surface area contributed by atoms with Crippen LogP contribution < -0.4 is 4.90 Å². The van der Waals surface area contributed by atoms with Gasteiger partial charge in [-0.3, -0.25) is 0 Å². The van der Waals surface area contributed by atoms with E-state index in [1.165, 1.54) is 12.1 Å². The fourth-order valence-electron chi connectivity index (χ4n) is 4.10. The van der Waals surface area contributed by atoms with Crippen LogP contribution >= 0.6 is 0 Å². The molecule has 0 bridgehead atoms. The summed E-state index contributed by atoms with van der Waals surface area (Å²) in [6, 6.07) is 9.88. The number of anilines is 1. The molecule has 5 nitrogen and oxygen atoms in total. The lowest BCUT2D eigenvalue weighted by Gasteiger charge is -2.35. The summed E-state index contributed by atoms with van der Waals surface area (Å²) in [5.74, 6) is 4.82. The Labute approximate surface area is 210 Å². The molecule has 0 radical (unpaired) electrons. The first-order valence-electron chi connectivity index (χ1n) is 11.4. The normalized spacial score (nSPS) is 16.7. The fourth-order valence-corrected chi connectivity index (χ4v) is 5.85. The Morgan fingerprint density at radius 2 is 1.57 bits per heavy atom. The number of halogens is 6. The van der Waals surface area contributed by atoms with Gasteiger partial charge in [0.2, 0.25) is 0 Å². The van der Waals surface area contributed by atoms with Crippen molar-refractivity contribution >= 4 is 15.5 Å². The average molecular weight is 550 g/mol. The fraction of sp³-hybridized carbons (Fsp3) is 0.440. The van der Waals surface area contributed by atoms with E-state index in [4.69, 9.17) is 0 Å². The molecule has 2 aromatic rings. The molecule has 202 valence electrons. The van der Waals surface area contributed by atoms with E-state index < -0.39 is 44.7 Å². The van der Waals surface area contributed by atoms with Crippen molar-refractivity contribution in [1.82, 2.24) is 0 Å². The Morgan fingerprint density at radius 3 is 2.08 bits per heavy atom. The van der Waals surface area contributed by atoms with Crippen molar-refractivity contribution < 1.29 is 45.0 Å². The number of alkyl halides is 6. The predicted molar refractivity (Wildman–Crippen MR) is 124 cm³/mol. The molecular formula is C25H25F6NO4S. The molecular weight excluding hydrogens is 524 g/mol. The number of piperidine rings is 1. The summed E-state index contributed by atoms with van der Waals surface area (Å²) in [5, 5.41) is 18.9. The molecule has 1 heterocycles. The van der Waals surface area contributed by atoms with Gasteiger partial charge in [0.25, 0.3) is 5.60 Å². The zero-order valence-electron chi connectivity index (χ0n) is 19.6. The Morgan fingerprint density at radius 1 is 1.00 bits per heavy atom. The quantitative estimate of drug-likeness (QED) is 0.423. The van der Waals surface area contributed by atoms with E-state index in [-0.39, 0.29) is 48.5 Å². The standard InChI is InChI=1S/C25H25F6NO4S/c1-2-19(33)10-8-17-16-18(23(34,24(26,27)28)25(29,30)31)9-11-22(17)32-14-12-21(13-15-32)37(35,36)20-6-4-3-5-7-20/h3-7,9,11,16,19,21,33-34H,2,12-15H2,1H3. The number of aliphatic hydroxyl groups is 2. The summed E-state index contributed by atoms with van der Waals surface area (Å²) >= 11 is 0. The Hall–Kier alpha value is -2.75. The Kier molecular flexibility index (Phi) is 8.22. The maximum Gasteiger partial charge on any atom is 0.430 e. The predicted octanol–water partition coefficient (Wildman–Crippen LogP) is 4.56. The van der Waals surface area contributed by atoms with E-state index in [0.29, 0.717) is 12.1 Å². The summed E-state index contributed by atoms with van der Waals surface area (Å²) < 4.78 is 106. The number of benzene rings is 2. The minimum Gasteiger partial charge on any atom is -0.380 e. The van der Waals surface area contributed by atoms with Crippen molar-refractivity contribution in [1.29, 1.82) is 0 Å². The SMILES string of the molecule is CCC(O)C#Cc1cc(C(O)(C(F)(F)F)C(F)(F)F)ccc1N1CCC(S(=O)(=O)c2ccccc2)CC1. The smallest absolute Gasteiger partial charge is 0.380 e. The van der Waals surface area contributed by atoms with E-state index in [1.807, 2.05) is 0 Å². The third kappa shape index (κ3) is 5.73. The molecule has 2 aromatic carbocycles. The molecule has 1 fully saturated rings. The molecule has 0 aromatic heterocycles. The van der Waals surface area contributed by atoms with Crippen LogP contribution in [0.2, 0.25) is 0 Å². The van der Waals surface area contributed by atoms with Gasteiger partial charge in [0.15, 0.2) is 9.84 Å². The molecule has 12 heteroatoms. The summed E-state index contributed by atoms with van der Waals surface area (Å²) in [5.41, 5.74) is -6.69. The highest BCUT2D eigenvalue weighted by Gasteiger charge is 2.71. The molecule has 1 atom stereocenters. The lowest BCUT2D eigenvalue weighted by Crippen LogP contribution is -2.54. The van der Waals surface area contributed by atoms with Gasteiger partial charge in [-0.2, -0.15) is 26.3 Å². The highest BCUT2D eigenvalue weighted by atomic mass is 32.2. The number of hydrogen-bond donors (Lipinski definition) is 2. The topological polar surface area (TPSA) is 77.8 Å². The Balaban J connectivity index is 1.98. The molecule has 37 heavy (non-hydrogen) atoms. The zero-order valence-corrected chi connectivity index (χ0v) is 20.5. The minimum atomic E-state index is -6.06. The van der Waals surface area contributed by atoms with E-state index in [9.17, 15) is 45.0 Å². The second-order valence-electron chi connectivity index (χ2n) is 8.68. The van der Waals surface area contributed by atoms with Crippen molar-refractivity contribution in [3.63, 3.8) is 0 Å². The van der Waals surface area contributed by atoms with Gasteiger partial charge in [0.05, 0.1) is 15.8 Å². The summed E-state index contributed by atoms with van der Waals surface area (Å²) in [6.07, 6.45) is -12.8. The number of aliphatic hydroxyl groups excluding tert-OH is 1. The maximum atomic E-state index is 13.4. The van der Waals surface area contributed by atoms with Gasteiger partial charge in [-0.1, -0.05) is 43.0 Å². The van der Waals surface area contributed by atoms with Crippen LogP contribution in [-0.2, 0) is 15.4 Å². The highest BCUT2D eigenvalue weighted by Crippen LogP contribution is 2.50. The summed E-state index contributed by atoms with van der Waals surface area (Å²) in [7, 11) is -3.63. The molecule has 3 rings (SSSR count). The van der Waals surface area contributed by atoms with E-state index in [1.54, 1.807) is 30.0 Å². The largest absolute Gasteiger partial charge is 0.430 e. The first-order chi connectivity index (χ1) is 17.1. The van der Waals surface area contributed by atoms with Crippen LogP contribution in [0.1, 0.15) is 37.3 Å². The second kappa shape index (κ2) is 10.6. The van der Waals surface area contributed by atoms with Crippen LogP contribution in [-0.4, -0.2) is 55.4 Å². The van der Waals surface area contributed by atoms with E-state index in [0.717, 1.165) is 6.07 Å². The first-order valence-corrected chi connectivity index (χ1v) is 12.9. The molecule has 1 unspecified atom stereocenters. The zero-order chi connectivity index (χ0) is 27.6. The molecule has 1 aliphatic heterocycles. The number of rotatable bonds is 5. The van der Waals surface area contributed by atoms with E-state index in [2.05, 4.69) is 11.8 Å². The van der Waals surface area contributed by atoms with Gasteiger partial charge in [-0.25, -0.2) is 8.42 Å². The summed E-state index contributed by atoms with van der Waals surface area (Å²) in [6.45, 7) is 1.87. The number of sulfone groups is 1. The number of nitrogens with zero attached hydrogens (tertiary/aromatic N) is 1. The average Bonchev–Trinajstić information content (AvgIpc) is 2.85. The van der Waals surface area contributed by atoms with Crippen molar-refractivity contribution in [2.24, 2.45) is 0 Å². The monoisotopic (exact) mass is 549 g/mol. The van der Waals surface area contributed by atoms with Gasteiger partial charge < -0.3 is 15.1 Å². The molecule has 0 saturated carbocycles. The lowest BCUT2D eigenvalue weighted by atomic mass is 9.90. The highest BCUT2D eigenvalue weighted by molar-refractivity contribution is 7.92. The van der Waals surface area contributed by atoms with Gasteiger partial charge in [-0.05, 0) is 43.5 Å². The van der Waals surface area contributed by atoms with Crippen LogP contribution in [0, 0.1) is 11.8 Å². The van der Waals surface area contributed by atoms with Crippen molar-refractivity contribution in [3.8, 4) is 11.8 Å². The van der Waals surface area contributed by atoms with Gasteiger partial charge in [-0.15, -0.1) is 0 Å². The molecule has 1 saturated heterocycles. The van der Waals surface area contributed by atoms with Crippen molar-refractivity contribution in [3.05, 3.63) is 59.7 Å².